The number of anilines is 1. The lowest BCUT2D eigenvalue weighted by Gasteiger charge is -2.30. The van der Waals surface area contributed by atoms with Crippen LogP contribution in [0.25, 0.3) is 33.1 Å². The quantitative estimate of drug-likeness (QED) is 0.366. The third-order valence-corrected chi connectivity index (χ3v) is 7.50. The van der Waals surface area contributed by atoms with Crippen molar-refractivity contribution in [3.05, 3.63) is 54.5 Å². The number of halogens is 1. The van der Waals surface area contributed by atoms with Crippen molar-refractivity contribution in [2.75, 3.05) is 25.5 Å². The summed E-state index contributed by atoms with van der Waals surface area (Å²) in [6, 6.07) is 15.2. The van der Waals surface area contributed by atoms with E-state index in [0.717, 1.165) is 59.2 Å². The smallest absolute Gasteiger partial charge is 0.151 e. The largest absolute Gasteiger partial charge is 0.381 e. The summed E-state index contributed by atoms with van der Waals surface area (Å²) in [4.78, 5) is 11.3. The van der Waals surface area contributed by atoms with Crippen LogP contribution >= 0.6 is 30.3 Å². The highest BCUT2D eigenvalue weighted by molar-refractivity contribution is 14.2. The molecule has 0 aliphatic carbocycles. The maximum Gasteiger partial charge on any atom is 0.151 e. The highest BCUT2D eigenvalue weighted by Crippen LogP contribution is 2.35. The first kappa shape index (κ1) is 20.4. The van der Waals surface area contributed by atoms with Crippen LogP contribution in [-0.2, 0) is 0 Å². The lowest BCUT2D eigenvalue weighted by molar-refractivity contribution is 0.264. The molecule has 0 atom stereocenters. The third kappa shape index (κ3) is 3.80. The third-order valence-electron chi connectivity index (χ3n) is 5.80. The maximum absolute atomic E-state index is 9.74. The molecule has 5 rings (SSSR count). The fourth-order valence-electron chi connectivity index (χ4n) is 4.11. The summed E-state index contributed by atoms with van der Waals surface area (Å²) in [6.07, 6.45) is 7.61. The fourth-order valence-corrected chi connectivity index (χ4v) is 5.37. The monoisotopic (exact) mass is 538 g/mol. The average molecular weight is 538 g/mol. The Morgan fingerprint density at radius 1 is 1.26 bits per heavy atom. The minimum Gasteiger partial charge on any atom is -0.381 e. The molecular weight excluding hydrogens is 519 g/mol. The molecule has 1 aliphatic rings. The lowest BCUT2D eigenvalue weighted by Crippen LogP contribution is -2.36. The van der Waals surface area contributed by atoms with Crippen LogP contribution in [0.3, 0.4) is 0 Å². The molecular formula is C23H19IN6S. The summed E-state index contributed by atoms with van der Waals surface area (Å²) >= 11 is 2.26. The van der Waals surface area contributed by atoms with Crippen molar-refractivity contribution >= 4 is 57.9 Å². The van der Waals surface area contributed by atoms with Gasteiger partial charge in [0.1, 0.15) is 11.6 Å². The first-order valence-corrected chi connectivity index (χ1v) is 13.4. The second kappa shape index (κ2) is 8.54. The Balaban J connectivity index is 1.63. The van der Waals surface area contributed by atoms with E-state index < -0.39 is 0 Å². The van der Waals surface area contributed by atoms with Crippen LogP contribution in [0.5, 0.6) is 0 Å². The summed E-state index contributed by atoms with van der Waals surface area (Å²) in [6.45, 7) is 2.10. The number of nitriles is 1. The number of rotatable bonds is 4. The summed E-state index contributed by atoms with van der Waals surface area (Å²) in [7, 11) is 3.73. The van der Waals surface area contributed by atoms with Gasteiger partial charge in [-0.2, -0.15) is 5.26 Å². The van der Waals surface area contributed by atoms with Crippen LogP contribution in [0.2, 0.25) is 0 Å². The summed E-state index contributed by atoms with van der Waals surface area (Å²) < 4.78 is 2.05. The van der Waals surface area contributed by atoms with Gasteiger partial charge in [0, 0.05) is 76.9 Å². The molecule has 0 spiro atoms. The molecule has 8 heteroatoms. The Hall–Kier alpha value is -2.53. The van der Waals surface area contributed by atoms with Crippen LogP contribution in [0.15, 0.2) is 36.8 Å². The number of likely N-dealkylation sites (tertiary alicyclic amines) is 1. The Morgan fingerprint density at radius 3 is 2.87 bits per heavy atom. The van der Waals surface area contributed by atoms with Crippen LogP contribution < -0.4 is 5.32 Å². The predicted octanol–water partition coefficient (Wildman–Crippen LogP) is 5.08. The highest BCUT2D eigenvalue weighted by Gasteiger charge is 2.20. The first-order chi connectivity index (χ1) is 15.2. The SMILES string of the molecule is CN1CCC(Nc2c(C#N)cnc3c#cc(-c4cn(SI)c5ncccc45)cc23)CC1. The second-order valence-electron chi connectivity index (χ2n) is 7.76. The van der Waals surface area contributed by atoms with Gasteiger partial charge in [-0.05, 0) is 57.2 Å². The van der Waals surface area contributed by atoms with E-state index in [1.165, 1.54) is 0 Å². The van der Waals surface area contributed by atoms with Crippen LogP contribution in [0.4, 0.5) is 5.69 Å². The molecule has 1 fully saturated rings. The van der Waals surface area contributed by atoms with Gasteiger partial charge in [0.25, 0.3) is 0 Å². The van der Waals surface area contributed by atoms with E-state index in [4.69, 9.17) is 0 Å². The van der Waals surface area contributed by atoms with E-state index in [-0.39, 0.29) is 0 Å². The normalized spacial score (nSPS) is 15.1. The zero-order chi connectivity index (χ0) is 21.4. The van der Waals surface area contributed by atoms with Gasteiger partial charge >= 0.3 is 0 Å². The second-order valence-corrected chi connectivity index (χ2v) is 9.48. The zero-order valence-electron chi connectivity index (χ0n) is 16.9. The number of hydrogen-bond acceptors (Lipinski definition) is 6. The number of nitrogens with zero attached hydrogens (tertiary/aromatic N) is 5. The molecule has 6 nitrogen and oxygen atoms in total. The number of nitrogens with one attached hydrogen (secondary N) is 1. The highest BCUT2D eigenvalue weighted by atomic mass is 127. The Labute approximate surface area is 197 Å². The van der Waals surface area contributed by atoms with Crippen molar-refractivity contribution in [3.8, 4) is 17.2 Å². The maximum atomic E-state index is 9.74. The van der Waals surface area contributed by atoms with Gasteiger partial charge < -0.3 is 10.2 Å². The number of hydrogen-bond donors (Lipinski definition) is 1. The Bertz CT molecular complexity index is 1300. The summed E-state index contributed by atoms with van der Waals surface area (Å²) in [5.74, 6) is 0. The van der Waals surface area contributed by atoms with E-state index in [2.05, 4.69) is 85.0 Å². The molecule has 0 saturated carbocycles. The Kier molecular flexibility index (Phi) is 5.61. The molecule has 0 bridgehead atoms. The molecule has 1 aromatic carbocycles. The van der Waals surface area contributed by atoms with E-state index in [0.29, 0.717) is 17.1 Å². The van der Waals surface area contributed by atoms with Gasteiger partial charge in [0.2, 0.25) is 0 Å². The van der Waals surface area contributed by atoms with Crippen molar-refractivity contribution < 1.29 is 0 Å². The lowest BCUT2D eigenvalue weighted by atomic mass is 10.0. The number of pyridine rings is 2. The van der Waals surface area contributed by atoms with E-state index in [1.54, 1.807) is 21.5 Å². The molecule has 0 unspecified atom stereocenters. The minimum atomic E-state index is 0.336. The number of piperidine rings is 1. The molecule has 4 aromatic rings. The van der Waals surface area contributed by atoms with Crippen molar-refractivity contribution in [1.29, 1.82) is 5.26 Å². The summed E-state index contributed by atoms with van der Waals surface area (Å²) in [5.41, 5.74) is 4.99. The topological polar surface area (TPSA) is 69.8 Å². The summed E-state index contributed by atoms with van der Waals surface area (Å²) in [5, 5.41) is 15.4. The van der Waals surface area contributed by atoms with Crippen molar-refractivity contribution in [2.24, 2.45) is 0 Å². The zero-order valence-corrected chi connectivity index (χ0v) is 19.9. The predicted molar refractivity (Wildman–Crippen MR) is 134 cm³/mol. The van der Waals surface area contributed by atoms with Gasteiger partial charge in [-0.3, -0.25) is 3.97 Å². The van der Waals surface area contributed by atoms with Crippen LogP contribution in [0.1, 0.15) is 18.4 Å². The van der Waals surface area contributed by atoms with Crippen molar-refractivity contribution in [2.45, 2.75) is 18.9 Å². The van der Waals surface area contributed by atoms with Crippen molar-refractivity contribution in [1.82, 2.24) is 18.8 Å². The Morgan fingerprint density at radius 2 is 2.10 bits per heavy atom. The van der Waals surface area contributed by atoms with Crippen LogP contribution in [-0.4, -0.2) is 45.0 Å². The molecule has 1 saturated heterocycles. The molecule has 1 aliphatic heterocycles. The number of aromatic nitrogens is 3. The molecule has 3 aromatic heterocycles. The van der Waals surface area contributed by atoms with E-state index in [9.17, 15) is 5.26 Å². The molecule has 1 N–H and O–H groups in total. The van der Waals surface area contributed by atoms with E-state index in [1.807, 2.05) is 10.0 Å². The van der Waals surface area contributed by atoms with Gasteiger partial charge in [-0.15, -0.1) is 0 Å². The van der Waals surface area contributed by atoms with E-state index >= 15 is 0 Å². The first-order valence-electron chi connectivity index (χ1n) is 10.1. The standard InChI is InChI=1S/C23H19IN6S/c1-29-9-6-17(7-10-29)28-22-16(12-25)13-27-21-5-4-15(11-19(21)22)20-14-30(31-24)23-18(20)3-2-8-26-23/h2-3,8,11,13-14,17H,6-7,9-10H2,1H3,(H,27,28). The molecule has 154 valence electrons. The van der Waals surface area contributed by atoms with Crippen LogP contribution in [0, 0.1) is 23.5 Å². The minimum absolute atomic E-state index is 0.336. The van der Waals surface area contributed by atoms with Gasteiger partial charge in [0.15, 0.2) is 5.65 Å². The van der Waals surface area contributed by atoms with Gasteiger partial charge in [-0.25, -0.2) is 9.97 Å². The molecule has 4 heterocycles. The number of fused-ring (bicyclic) bond motifs is 2. The van der Waals surface area contributed by atoms with Gasteiger partial charge in [-0.1, -0.05) is 6.07 Å². The average Bonchev–Trinajstić information content (AvgIpc) is 3.19. The van der Waals surface area contributed by atoms with Gasteiger partial charge in [0.05, 0.1) is 11.3 Å². The molecule has 0 amide bonds. The molecule has 31 heavy (non-hydrogen) atoms. The molecule has 0 radical (unpaired) electrons. The fraction of sp³-hybridized carbons (Fsp3) is 0.261. The van der Waals surface area contributed by atoms with Crippen molar-refractivity contribution in [3.63, 3.8) is 0 Å².